The van der Waals surface area contributed by atoms with Gasteiger partial charge in [0.05, 0.1) is 5.69 Å². The topological polar surface area (TPSA) is 78.1 Å². The van der Waals surface area contributed by atoms with Crippen LogP contribution in [0.3, 0.4) is 0 Å². The smallest absolute Gasteiger partial charge is 0.321 e. The zero-order chi connectivity index (χ0) is 20.8. The van der Waals surface area contributed by atoms with E-state index in [1.54, 1.807) is 0 Å². The average molecular weight is 395 g/mol. The van der Waals surface area contributed by atoms with Crippen LogP contribution in [-0.2, 0) is 17.3 Å². The van der Waals surface area contributed by atoms with Gasteiger partial charge in [0, 0.05) is 35.2 Å². The molecule has 1 aromatic heterocycles. The third-order valence-electron chi connectivity index (χ3n) is 6.25. The zero-order valence-corrected chi connectivity index (χ0v) is 17.8. The molecule has 1 aromatic carbocycles. The van der Waals surface area contributed by atoms with E-state index in [0.717, 1.165) is 60.6 Å². The molecule has 0 bridgehead atoms. The second-order valence-electron chi connectivity index (χ2n) is 9.59. The number of urea groups is 1. The second kappa shape index (κ2) is 7.01. The van der Waals surface area contributed by atoms with Crippen molar-refractivity contribution in [2.75, 3.05) is 18.4 Å². The SMILES string of the molecule is Cc1ccc(NC(=O)N2CCCC3(CCc4c3nc(C(C)(C)C)[nH]c4=O)C2)cc1. The summed E-state index contributed by atoms with van der Waals surface area (Å²) in [6.07, 6.45) is 3.49. The van der Waals surface area contributed by atoms with E-state index in [1.165, 1.54) is 0 Å². The molecule has 6 heteroatoms. The first kappa shape index (κ1) is 19.7. The highest BCUT2D eigenvalue weighted by molar-refractivity contribution is 5.89. The van der Waals surface area contributed by atoms with Gasteiger partial charge in [-0.2, -0.15) is 0 Å². The molecule has 1 atom stereocenters. The number of H-pyrrole nitrogens is 1. The Morgan fingerprint density at radius 1 is 1.21 bits per heavy atom. The van der Waals surface area contributed by atoms with E-state index in [9.17, 15) is 9.59 Å². The Morgan fingerprint density at radius 2 is 1.93 bits per heavy atom. The molecule has 2 amide bonds. The number of nitrogens with one attached hydrogen (secondary N) is 2. The van der Waals surface area contributed by atoms with Crippen LogP contribution in [0.1, 0.15) is 62.7 Å². The van der Waals surface area contributed by atoms with Crippen LogP contribution in [0.15, 0.2) is 29.1 Å². The molecule has 1 aliphatic heterocycles. The Kier molecular flexibility index (Phi) is 4.75. The maximum Gasteiger partial charge on any atom is 0.321 e. The number of piperidine rings is 1. The second-order valence-corrected chi connectivity index (χ2v) is 9.59. The van der Waals surface area contributed by atoms with Crippen molar-refractivity contribution < 1.29 is 4.79 Å². The molecule has 6 nitrogen and oxygen atoms in total. The predicted molar refractivity (Wildman–Crippen MR) is 115 cm³/mol. The molecule has 29 heavy (non-hydrogen) atoms. The first-order valence-corrected chi connectivity index (χ1v) is 10.4. The van der Waals surface area contributed by atoms with Crippen LogP contribution >= 0.6 is 0 Å². The summed E-state index contributed by atoms with van der Waals surface area (Å²) < 4.78 is 0. The highest BCUT2D eigenvalue weighted by atomic mass is 16.2. The number of amides is 2. The molecule has 0 saturated carbocycles. The van der Waals surface area contributed by atoms with E-state index in [0.29, 0.717) is 6.54 Å². The first-order valence-electron chi connectivity index (χ1n) is 10.4. The Morgan fingerprint density at radius 3 is 2.62 bits per heavy atom. The number of fused-ring (bicyclic) bond motifs is 2. The number of hydrogen-bond acceptors (Lipinski definition) is 3. The molecule has 1 saturated heterocycles. The molecule has 2 heterocycles. The van der Waals surface area contributed by atoms with Crippen molar-refractivity contribution in [2.24, 2.45) is 0 Å². The number of anilines is 1. The fraction of sp³-hybridized carbons (Fsp3) is 0.522. The van der Waals surface area contributed by atoms with Crippen LogP contribution in [0, 0.1) is 6.92 Å². The number of aromatic amines is 1. The van der Waals surface area contributed by atoms with Crippen LogP contribution in [-0.4, -0.2) is 34.0 Å². The molecule has 2 N–H and O–H groups in total. The van der Waals surface area contributed by atoms with Gasteiger partial charge in [-0.05, 0) is 44.7 Å². The quantitative estimate of drug-likeness (QED) is 0.770. The summed E-state index contributed by atoms with van der Waals surface area (Å²) in [4.78, 5) is 35.4. The van der Waals surface area contributed by atoms with Crippen molar-refractivity contribution in [3.63, 3.8) is 0 Å². The van der Waals surface area contributed by atoms with Crippen molar-refractivity contribution >= 4 is 11.7 Å². The monoisotopic (exact) mass is 394 g/mol. The van der Waals surface area contributed by atoms with Gasteiger partial charge in [-0.25, -0.2) is 9.78 Å². The Bertz CT molecular complexity index is 987. The summed E-state index contributed by atoms with van der Waals surface area (Å²) in [5.41, 5.74) is 3.22. The largest absolute Gasteiger partial charge is 0.324 e. The number of carbonyl (C=O) groups excluding carboxylic acids is 1. The highest BCUT2D eigenvalue weighted by Crippen LogP contribution is 2.43. The van der Waals surface area contributed by atoms with Gasteiger partial charge in [-0.3, -0.25) is 4.79 Å². The maximum atomic E-state index is 12.9. The third-order valence-corrected chi connectivity index (χ3v) is 6.25. The van der Waals surface area contributed by atoms with Gasteiger partial charge in [-0.15, -0.1) is 0 Å². The van der Waals surface area contributed by atoms with E-state index in [4.69, 9.17) is 4.98 Å². The van der Waals surface area contributed by atoms with Gasteiger partial charge in [0.2, 0.25) is 0 Å². The van der Waals surface area contributed by atoms with Gasteiger partial charge in [0.25, 0.3) is 5.56 Å². The molecule has 2 aliphatic rings. The van der Waals surface area contributed by atoms with Crippen molar-refractivity contribution in [3.05, 3.63) is 57.3 Å². The average Bonchev–Trinajstić information content (AvgIpc) is 3.01. The minimum absolute atomic E-state index is 0.0157. The van der Waals surface area contributed by atoms with Crippen LogP contribution in [0.2, 0.25) is 0 Å². The lowest BCUT2D eigenvalue weighted by molar-refractivity contribution is 0.157. The Balaban J connectivity index is 1.60. The summed E-state index contributed by atoms with van der Waals surface area (Å²) in [7, 11) is 0. The van der Waals surface area contributed by atoms with Crippen molar-refractivity contribution in [3.8, 4) is 0 Å². The number of likely N-dealkylation sites (tertiary alicyclic amines) is 1. The lowest BCUT2D eigenvalue weighted by atomic mass is 9.77. The standard InChI is InChI=1S/C23H30N4O2/c1-15-6-8-16(9-7-15)24-21(29)27-13-5-11-23(14-27)12-10-17-18(23)25-20(22(2,3)4)26-19(17)28/h6-9H,5,10-14H2,1-4H3,(H,24,29)(H,25,26,28). The molecule has 4 rings (SSSR count). The van der Waals surface area contributed by atoms with E-state index in [2.05, 4.69) is 31.1 Å². The minimum atomic E-state index is -0.227. The van der Waals surface area contributed by atoms with Gasteiger partial charge in [0.1, 0.15) is 5.82 Å². The summed E-state index contributed by atoms with van der Waals surface area (Å²) in [5.74, 6) is 0.726. The highest BCUT2D eigenvalue weighted by Gasteiger charge is 2.46. The van der Waals surface area contributed by atoms with Gasteiger partial charge in [-0.1, -0.05) is 38.5 Å². The number of nitrogens with zero attached hydrogens (tertiary/aromatic N) is 2. The Hall–Kier alpha value is -2.63. The van der Waals surface area contributed by atoms with E-state index < -0.39 is 0 Å². The summed E-state index contributed by atoms with van der Waals surface area (Å²) >= 11 is 0. The predicted octanol–water partition coefficient (Wildman–Crippen LogP) is 3.89. The van der Waals surface area contributed by atoms with Gasteiger partial charge in [0.15, 0.2) is 0 Å². The van der Waals surface area contributed by atoms with Crippen LogP contribution < -0.4 is 10.9 Å². The fourth-order valence-corrected chi connectivity index (χ4v) is 4.55. The lowest BCUT2D eigenvalue weighted by Crippen LogP contribution is -2.49. The van der Waals surface area contributed by atoms with Crippen molar-refractivity contribution in [1.82, 2.24) is 14.9 Å². The maximum absolute atomic E-state index is 12.9. The molecule has 154 valence electrons. The van der Waals surface area contributed by atoms with Gasteiger partial charge >= 0.3 is 6.03 Å². The zero-order valence-electron chi connectivity index (χ0n) is 17.8. The number of benzene rings is 1. The normalized spacial score (nSPS) is 21.3. The summed E-state index contributed by atoms with van der Waals surface area (Å²) in [5, 5.41) is 3.01. The van der Waals surface area contributed by atoms with E-state index in [1.807, 2.05) is 36.1 Å². The molecule has 1 spiro atoms. The van der Waals surface area contributed by atoms with E-state index in [-0.39, 0.29) is 22.4 Å². The van der Waals surface area contributed by atoms with Crippen molar-refractivity contribution in [1.29, 1.82) is 0 Å². The fourth-order valence-electron chi connectivity index (χ4n) is 4.55. The molecule has 1 aliphatic carbocycles. The Labute approximate surface area is 171 Å². The van der Waals surface area contributed by atoms with E-state index >= 15 is 0 Å². The molecule has 1 unspecified atom stereocenters. The van der Waals surface area contributed by atoms with Gasteiger partial charge < -0.3 is 15.2 Å². The number of aryl methyl sites for hydroxylation is 1. The van der Waals surface area contributed by atoms with Crippen LogP contribution in [0.5, 0.6) is 0 Å². The number of carbonyl (C=O) groups is 1. The van der Waals surface area contributed by atoms with Crippen LogP contribution in [0.25, 0.3) is 0 Å². The lowest BCUT2D eigenvalue weighted by Gasteiger charge is -2.40. The number of rotatable bonds is 1. The minimum Gasteiger partial charge on any atom is -0.324 e. The molecule has 2 aromatic rings. The number of aromatic nitrogens is 2. The summed E-state index contributed by atoms with van der Waals surface area (Å²) in [6.45, 7) is 9.53. The van der Waals surface area contributed by atoms with Crippen molar-refractivity contribution in [2.45, 2.75) is 64.2 Å². The summed E-state index contributed by atoms with van der Waals surface area (Å²) in [6, 6.07) is 7.75. The number of hydrogen-bond donors (Lipinski definition) is 2. The first-order chi connectivity index (χ1) is 13.7. The third kappa shape index (κ3) is 3.68. The molecular weight excluding hydrogens is 364 g/mol. The molecule has 0 radical (unpaired) electrons. The van der Waals surface area contributed by atoms with Crippen LogP contribution in [0.4, 0.5) is 10.5 Å². The molecular formula is C23H30N4O2. The molecule has 1 fully saturated rings.